The third kappa shape index (κ3) is 3.73. The van der Waals surface area contributed by atoms with Crippen LogP contribution in [0.2, 0.25) is 0 Å². The van der Waals surface area contributed by atoms with E-state index in [4.69, 9.17) is 5.11 Å². The average Bonchev–Trinajstić information content (AvgIpc) is 2.92. The maximum absolute atomic E-state index is 10.9. The van der Waals surface area contributed by atoms with Crippen LogP contribution in [0.5, 0.6) is 0 Å². The van der Waals surface area contributed by atoms with E-state index < -0.39 is 6.09 Å². The number of hydrogen-bond donors (Lipinski definition) is 3. The van der Waals surface area contributed by atoms with Crippen molar-refractivity contribution in [2.75, 3.05) is 23.3 Å². The van der Waals surface area contributed by atoms with Gasteiger partial charge in [-0.15, -0.1) is 0 Å². The lowest BCUT2D eigenvalue weighted by atomic mass is 9.90. The monoisotopic (exact) mass is 331 g/mol. The van der Waals surface area contributed by atoms with E-state index in [1.54, 1.807) is 17.1 Å². The van der Waals surface area contributed by atoms with Crippen LogP contribution in [0, 0.1) is 0 Å². The summed E-state index contributed by atoms with van der Waals surface area (Å²) in [4.78, 5) is 21.8. The van der Waals surface area contributed by atoms with Crippen molar-refractivity contribution >= 4 is 23.5 Å². The quantitative estimate of drug-likeness (QED) is 0.780. The van der Waals surface area contributed by atoms with Gasteiger partial charge in [0, 0.05) is 38.1 Å². The van der Waals surface area contributed by atoms with Crippen molar-refractivity contribution in [1.29, 1.82) is 0 Å². The topological polar surface area (TPSA) is 108 Å². The second kappa shape index (κ2) is 6.34. The van der Waals surface area contributed by atoms with E-state index in [2.05, 4.69) is 30.6 Å². The first kappa shape index (κ1) is 16.0. The second-order valence-corrected chi connectivity index (χ2v) is 6.24. The summed E-state index contributed by atoms with van der Waals surface area (Å²) in [6, 6.07) is 1.86. The number of rotatable bonds is 4. The van der Waals surface area contributed by atoms with Gasteiger partial charge >= 0.3 is 6.09 Å². The molecular weight excluding hydrogens is 310 g/mol. The number of amides is 1. The lowest BCUT2D eigenvalue weighted by Crippen LogP contribution is -2.53. The Morgan fingerprint density at radius 2 is 2.12 bits per heavy atom. The van der Waals surface area contributed by atoms with Crippen molar-refractivity contribution < 1.29 is 9.90 Å². The second-order valence-electron chi connectivity index (χ2n) is 6.24. The molecule has 0 spiro atoms. The predicted octanol–water partition coefficient (Wildman–Crippen LogP) is 1.58. The van der Waals surface area contributed by atoms with Gasteiger partial charge in [-0.1, -0.05) is 0 Å². The summed E-state index contributed by atoms with van der Waals surface area (Å²) in [6.45, 7) is 3.41. The molecule has 1 saturated heterocycles. The molecular formula is C15H21N7O2. The SMILES string of the molecule is Cn1cc(Nc2nccc(N3CCC(C)(NC(=O)O)CC3)n2)cn1. The third-order valence-electron chi connectivity index (χ3n) is 4.20. The van der Waals surface area contributed by atoms with Crippen molar-refractivity contribution in [2.45, 2.75) is 25.3 Å². The van der Waals surface area contributed by atoms with Crippen molar-refractivity contribution in [3.8, 4) is 0 Å². The van der Waals surface area contributed by atoms with Crippen LogP contribution in [0.25, 0.3) is 0 Å². The van der Waals surface area contributed by atoms with Gasteiger partial charge in [-0.2, -0.15) is 10.1 Å². The summed E-state index contributed by atoms with van der Waals surface area (Å²) < 4.78 is 1.70. The van der Waals surface area contributed by atoms with Crippen LogP contribution in [-0.4, -0.2) is 49.6 Å². The molecule has 0 unspecified atom stereocenters. The smallest absolute Gasteiger partial charge is 0.405 e. The number of carboxylic acid groups (broad SMARTS) is 1. The predicted molar refractivity (Wildman–Crippen MR) is 89.5 cm³/mol. The Morgan fingerprint density at radius 1 is 1.38 bits per heavy atom. The molecule has 0 atom stereocenters. The molecule has 1 aliphatic heterocycles. The van der Waals surface area contributed by atoms with Crippen molar-refractivity contribution in [1.82, 2.24) is 25.1 Å². The fourth-order valence-corrected chi connectivity index (χ4v) is 2.81. The molecule has 2 aromatic heterocycles. The lowest BCUT2D eigenvalue weighted by molar-refractivity contribution is 0.173. The Hall–Kier alpha value is -2.84. The maximum Gasteiger partial charge on any atom is 0.405 e. The first-order valence-corrected chi connectivity index (χ1v) is 7.78. The van der Waals surface area contributed by atoms with E-state index in [1.807, 2.05) is 26.2 Å². The highest BCUT2D eigenvalue weighted by Gasteiger charge is 2.32. The molecule has 0 aromatic carbocycles. The molecule has 3 heterocycles. The molecule has 9 nitrogen and oxygen atoms in total. The average molecular weight is 331 g/mol. The molecule has 24 heavy (non-hydrogen) atoms. The molecule has 128 valence electrons. The number of aryl methyl sites for hydroxylation is 1. The van der Waals surface area contributed by atoms with Gasteiger partial charge in [-0.05, 0) is 25.8 Å². The van der Waals surface area contributed by atoms with E-state index in [9.17, 15) is 4.79 Å². The largest absolute Gasteiger partial charge is 0.465 e. The van der Waals surface area contributed by atoms with Gasteiger partial charge < -0.3 is 20.6 Å². The molecule has 3 N–H and O–H groups in total. The zero-order chi connectivity index (χ0) is 17.2. The number of anilines is 3. The number of nitrogens with zero attached hydrogens (tertiary/aromatic N) is 5. The standard InChI is InChI=1S/C15H21N7O2/c1-15(20-14(23)24)4-7-22(8-5-15)12-3-6-16-13(19-12)18-11-9-17-21(2)10-11/h3,6,9-10,20H,4-5,7-8H2,1-2H3,(H,23,24)(H,16,18,19). The first-order valence-electron chi connectivity index (χ1n) is 7.78. The minimum Gasteiger partial charge on any atom is -0.465 e. The molecule has 1 fully saturated rings. The number of carbonyl (C=O) groups is 1. The van der Waals surface area contributed by atoms with Crippen molar-refractivity contribution in [3.63, 3.8) is 0 Å². The lowest BCUT2D eigenvalue weighted by Gasteiger charge is -2.39. The minimum atomic E-state index is -0.976. The van der Waals surface area contributed by atoms with E-state index in [0.29, 0.717) is 5.95 Å². The Morgan fingerprint density at radius 3 is 2.75 bits per heavy atom. The fourth-order valence-electron chi connectivity index (χ4n) is 2.81. The van der Waals surface area contributed by atoms with Crippen LogP contribution in [0.1, 0.15) is 19.8 Å². The normalized spacial score (nSPS) is 16.7. The van der Waals surface area contributed by atoms with E-state index in [1.165, 1.54) is 0 Å². The molecule has 1 aliphatic rings. The van der Waals surface area contributed by atoms with Gasteiger partial charge in [-0.3, -0.25) is 4.68 Å². The number of nitrogens with one attached hydrogen (secondary N) is 2. The van der Waals surface area contributed by atoms with Crippen LogP contribution in [0.3, 0.4) is 0 Å². The maximum atomic E-state index is 10.9. The molecule has 0 aliphatic carbocycles. The van der Waals surface area contributed by atoms with Gasteiger partial charge in [-0.25, -0.2) is 9.78 Å². The van der Waals surface area contributed by atoms with Gasteiger partial charge in [0.05, 0.1) is 11.9 Å². The summed E-state index contributed by atoms with van der Waals surface area (Å²) in [5.74, 6) is 1.34. The van der Waals surface area contributed by atoms with Crippen LogP contribution >= 0.6 is 0 Å². The summed E-state index contributed by atoms with van der Waals surface area (Å²) in [7, 11) is 1.85. The molecule has 3 rings (SSSR count). The summed E-state index contributed by atoms with van der Waals surface area (Å²) in [5, 5.41) is 18.8. The van der Waals surface area contributed by atoms with E-state index in [0.717, 1.165) is 37.4 Å². The van der Waals surface area contributed by atoms with Gasteiger partial charge in [0.2, 0.25) is 5.95 Å². The first-order chi connectivity index (χ1) is 11.4. The van der Waals surface area contributed by atoms with Gasteiger partial charge in [0.15, 0.2) is 0 Å². The van der Waals surface area contributed by atoms with E-state index >= 15 is 0 Å². The highest BCUT2D eigenvalue weighted by molar-refractivity contribution is 5.65. The molecule has 0 bridgehead atoms. The Balaban J connectivity index is 1.66. The number of piperidine rings is 1. The van der Waals surface area contributed by atoms with Crippen LogP contribution in [0.4, 0.5) is 22.2 Å². The Bertz CT molecular complexity index is 722. The van der Waals surface area contributed by atoms with Gasteiger partial charge in [0.1, 0.15) is 5.82 Å². The van der Waals surface area contributed by atoms with E-state index in [-0.39, 0.29) is 5.54 Å². The summed E-state index contributed by atoms with van der Waals surface area (Å²) >= 11 is 0. The molecule has 2 aromatic rings. The van der Waals surface area contributed by atoms with Crippen LogP contribution in [-0.2, 0) is 7.05 Å². The fraction of sp³-hybridized carbons (Fsp3) is 0.467. The molecule has 9 heteroatoms. The van der Waals surface area contributed by atoms with Crippen LogP contribution in [0.15, 0.2) is 24.7 Å². The Labute approximate surface area is 139 Å². The number of hydrogen-bond acceptors (Lipinski definition) is 6. The third-order valence-corrected chi connectivity index (χ3v) is 4.20. The minimum absolute atomic E-state index is 0.383. The summed E-state index contributed by atoms with van der Waals surface area (Å²) in [6.07, 6.45) is 5.75. The van der Waals surface area contributed by atoms with Crippen molar-refractivity contribution in [3.05, 3.63) is 24.7 Å². The molecule has 0 saturated carbocycles. The van der Waals surface area contributed by atoms with Crippen LogP contribution < -0.4 is 15.5 Å². The Kier molecular flexibility index (Phi) is 4.24. The highest BCUT2D eigenvalue weighted by Crippen LogP contribution is 2.25. The zero-order valence-electron chi connectivity index (χ0n) is 13.7. The number of aromatic nitrogens is 4. The molecule has 1 amide bonds. The molecule has 0 radical (unpaired) electrons. The summed E-state index contributed by atoms with van der Waals surface area (Å²) in [5.41, 5.74) is 0.443. The zero-order valence-corrected chi connectivity index (χ0v) is 13.7. The van der Waals surface area contributed by atoms with Crippen molar-refractivity contribution in [2.24, 2.45) is 7.05 Å². The van der Waals surface area contributed by atoms with Gasteiger partial charge in [0.25, 0.3) is 0 Å². The highest BCUT2D eigenvalue weighted by atomic mass is 16.4.